The fourth-order valence-corrected chi connectivity index (χ4v) is 2.90. The first-order chi connectivity index (χ1) is 13.1. The first kappa shape index (κ1) is 17.0. The number of hydrogen-bond acceptors (Lipinski definition) is 7. The van der Waals surface area contributed by atoms with E-state index in [9.17, 15) is 10.1 Å². The number of nitrogens with zero attached hydrogens (tertiary/aromatic N) is 2. The third-order valence-electron chi connectivity index (χ3n) is 4.19. The van der Waals surface area contributed by atoms with Gasteiger partial charge in [0.05, 0.1) is 11.5 Å². The topological polar surface area (TPSA) is 96.3 Å². The lowest BCUT2D eigenvalue weighted by Gasteiger charge is -2.20. The van der Waals surface area contributed by atoms with E-state index in [1.807, 2.05) is 30.3 Å². The van der Waals surface area contributed by atoms with E-state index in [1.165, 1.54) is 12.1 Å². The smallest absolute Gasteiger partial charge is 0.270 e. The van der Waals surface area contributed by atoms with Gasteiger partial charge in [-0.3, -0.25) is 10.1 Å². The van der Waals surface area contributed by atoms with Crippen LogP contribution in [0.25, 0.3) is 11.0 Å². The Morgan fingerprint density at radius 1 is 1.30 bits per heavy atom. The van der Waals surface area contributed by atoms with Crippen LogP contribution < -0.4 is 4.74 Å². The molecule has 0 aliphatic carbocycles. The van der Waals surface area contributed by atoms with E-state index in [-0.39, 0.29) is 25.7 Å². The van der Waals surface area contributed by atoms with Gasteiger partial charge in [-0.15, -0.1) is 0 Å². The summed E-state index contributed by atoms with van der Waals surface area (Å²) in [6.07, 6.45) is 0. The van der Waals surface area contributed by atoms with Gasteiger partial charge in [0.15, 0.2) is 12.6 Å². The molecule has 0 bridgehead atoms. The van der Waals surface area contributed by atoms with E-state index >= 15 is 0 Å². The highest BCUT2D eigenvalue weighted by Crippen LogP contribution is 2.33. The van der Waals surface area contributed by atoms with Crippen LogP contribution in [0.2, 0.25) is 0 Å². The molecular formula is C19H16N2O6. The van der Waals surface area contributed by atoms with Gasteiger partial charge in [0.25, 0.3) is 5.69 Å². The summed E-state index contributed by atoms with van der Waals surface area (Å²) < 4.78 is 16.4. The van der Waals surface area contributed by atoms with Crippen LogP contribution in [0.15, 0.2) is 52.0 Å². The number of non-ortho nitro benzene ring substituents is 1. The molecule has 138 valence electrons. The molecule has 0 amide bonds. The Morgan fingerprint density at radius 2 is 2.15 bits per heavy atom. The minimum absolute atomic E-state index is 0.0293. The molecule has 0 N–H and O–H groups in total. The highest BCUT2D eigenvalue weighted by molar-refractivity contribution is 5.99. The summed E-state index contributed by atoms with van der Waals surface area (Å²) in [7, 11) is 0. The predicted molar refractivity (Wildman–Crippen MR) is 96.6 cm³/mol. The number of rotatable bonds is 5. The molecule has 1 aliphatic heterocycles. The summed E-state index contributed by atoms with van der Waals surface area (Å²) in [4.78, 5) is 16.1. The third kappa shape index (κ3) is 3.47. The van der Waals surface area contributed by atoms with Gasteiger partial charge in [-0.05, 0) is 19.1 Å². The molecule has 0 unspecified atom stereocenters. The Balaban J connectivity index is 1.55. The summed E-state index contributed by atoms with van der Waals surface area (Å²) in [5.41, 5.74) is 2.45. The maximum absolute atomic E-state index is 11.1. The van der Waals surface area contributed by atoms with Crippen molar-refractivity contribution in [3.8, 4) is 5.75 Å². The molecule has 2 aromatic carbocycles. The molecule has 0 radical (unpaired) electrons. The van der Waals surface area contributed by atoms with Gasteiger partial charge in [0.1, 0.15) is 23.7 Å². The average Bonchev–Trinajstić information content (AvgIpc) is 3.12. The molecule has 0 spiro atoms. The van der Waals surface area contributed by atoms with Crippen molar-refractivity contribution in [3.63, 3.8) is 0 Å². The Labute approximate surface area is 154 Å². The fourth-order valence-electron chi connectivity index (χ4n) is 2.90. The molecule has 0 saturated heterocycles. The zero-order valence-electron chi connectivity index (χ0n) is 14.5. The Morgan fingerprint density at radius 3 is 2.96 bits per heavy atom. The van der Waals surface area contributed by atoms with Crippen LogP contribution in [0.3, 0.4) is 0 Å². The standard InChI is InChI=1S/C19H16N2O6/c1-12(18-8-13-4-2-3-5-17(13)27-18)20-26-10-15-7-16(21(22)23)6-14-9-24-11-25-19(14)15/h2-8H,9-11H2,1H3. The molecule has 27 heavy (non-hydrogen) atoms. The molecular weight excluding hydrogens is 352 g/mol. The Kier molecular flexibility index (Phi) is 4.47. The summed E-state index contributed by atoms with van der Waals surface area (Å²) in [5.74, 6) is 1.14. The number of nitro benzene ring substituents is 1. The highest BCUT2D eigenvalue weighted by atomic mass is 16.7. The molecule has 8 heteroatoms. The number of nitro groups is 1. The quantitative estimate of drug-likeness (QED) is 0.381. The first-order valence-corrected chi connectivity index (χ1v) is 8.28. The molecule has 0 saturated carbocycles. The van der Waals surface area contributed by atoms with Crippen molar-refractivity contribution >= 4 is 22.4 Å². The molecule has 1 aliphatic rings. The van der Waals surface area contributed by atoms with Crippen LogP contribution in [-0.2, 0) is 22.8 Å². The monoisotopic (exact) mass is 368 g/mol. The molecule has 3 aromatic rings. The van der Waals surface area contributed by atoms with Crippen LogP contribution >= 0.6 is 0 Å². The average molecular weight is 368 g/mol. The fraction of sp³-hybridized carbons (Fsp3) is 0.211. The second-order valence-corrected chi connectivity index (χ2v) is 6.06. The van der Waals surface area contributed by atoms with Gasteiger partial charge in [0, 0.05) is 28.6 Å². The molecule has 4 rings (SSSR count). The normalized spacial score (nSPS) is 13.9. The van der Waals surface area contributed by atoms with Crippen LogP contribution in [0.5, 0.6) is 5.75 Å². The van der Waals surface area contributed by atoms with E-state index < -0.39 is 4.92 Å². The number of fused-ring (bicyclic) bond motifs is 2. The first-order valence-electron chi connectivity index (χ1n) is 8.28. The van der Waals surface area contributed by atoms with Crippen LogP contribution in [-0.4, -0.2) is 17.4 Å². The minimum Gasteiger partial charge on any atom is -0.467 e. The maximum atomic E-state index is 11.1. The van der Waals surface area contributed by atoms with Crippen molar-refractivity contribution in [2.75, 3.05) is 6.79 Å². The van der Waals surface area contributed by atoms with Crippen molar-refractivity contribution < 1.29 is 23.7 Å². The summed E-state index contributed by atoms with van der Waals surface area (Å²) in [6.45, 7) is 2.15. The number of furan rings is 1. The number of oxime groups is 1. The van der Waals surface area contributed by atoms with Crippen molar-refractivity contribution in [1.29, 1.82) is 0 Å². The van der Waals surface area contributed by atoms with Gasteiger partial charge in [-0.25, -0.2) is 0 Å². The number of para-hydroxylation sites is 1. The minimum atomic E-state index is -0.457. The third-order valence-corrected chi connectivity index (χ3v) is 4.19. The predicted octanol–water partition coefficient (Wildman–Crippen LogP) is 4.15. The van der Waals surface area contributed by atoms with Crippen LogP contribution in [0.1, 0.15) is 23.8 Å². The molecule has 0 atom stereocenters. The van der Waals surface area contributed by atoms with E-state index in [1.54, 1.807) is 6.92 Å². The van der Waals surface area contributed by atoms with Gasteiger partial charge < -0.3 is 18.7 Å². The zero-order chi connectivity index (χ0) is 18.8. The SMILES string of the molecule is CC(=NOCc1cc([N+](=O)[O-])cc2c1OCOC2)c1cc2ccccc2o1. The number of hydrogen-bond donors (Lipinski definition) is 0. The lowest BCUT2D eigenvalue weighted by molar-refractivity contribution is -0.385. The van der Waals surface area contributed by atoms with Gasteiger partial charge in [-0.1, -0.05) is 23.4 Å². The molecule has 2 heterocycles. The van der Waals surface area contributed by atoms with Crippen LogP contribution in [0, 0.1) is 10.1 Å². The van der Waals surface area contributed by atoms with Crippen molar-refractivity contribution in [2.24, 2.45) is 5.16 Å². The van der Waals surface area contributed by atoms with Crippen LogP contribution in [0.4, 0.5) is 5.69 Å². The van der Waals surface area contributed by atoms with Crippen molar-refractivity contribution in [3.05, 3.63) is 69.5 Å². The van der Waals surface area contributed by atoms with E-state index in [2.05, 4.69) is 5.16 Å². The Hall–Kier alpha value is -3.39. The second-order valence-electron chi connectivity index (χ2n) is 6.06. The largest absolute Gasteiger partial charge is 0.467 e. The van der Waals surface area contributed by atoms with Crippen molar-refractivity contribution in [2.45, 2.75) is 20.1 Å². The van der Waals surface area contributed by atoms with E-state index in [0.29, 0.717) is 28.3 Å². The molecule has 0 fully saturated rings. The summed E-state index contributed by atoms with van der Waals surface area (Å²) in [5, 5.41) is 16.2. The van der Waals surface area contributed by atoms with Gasteiger partial charge in [-0.2, -0.15) is 0 Å². The van der Waals surface area contributed by atoms with Gasteiger partial charge in [0.2, 0.25) is 0 Å². The second kappa shape index (κ2) is 7.08. The van der Waals surface area contributed by atoms with Gasteiger partial charge >= 0.3 is 0 Å². The summed E-state index contributed by atoms with van der Waals surface area (Å²) >= 11 is 0. The molecule has 8 nitrogen and oxygen atoms in total. The van der Waals surface area contributed by atoms with E-state index in [0.717, 1.165) is 11.0 Å². The maximum Gasteiger partial charge on any atom is 0.270 e. The van der Waals surface area contributed by atoms with E-state index in [4.69, 9.17) is 18.7 Å². The number of ether oxygens (including phenoxy) is 2. The number of benzene rings is 2. The Bertz CT molecular complexity index is 1010. The summed E-state index contributed by atoms with van der Waals surface area (Å²) in [6, 6.07) is 12.4. The highest BCUT2D eigenvalue weighted by Gasteiger charge is 2.21. The molecule has 1 aromatic heterocycles. The van der Waals surface area contributed by atoms with Crippen molar-refractivity contribution in [1.82, 2.24) is 0 Å². The zero-order valence-corrected chi connectivity index (χ0v) is 14.5. The lowest BCUT2D eigenvalue weighted by Crippen LogP contribution is -2.14. The lowest BCUT2D eigenvalue weighted by atomic mass is 10.1.